The zero-order valence-corrected chi connectivity index (χ0v) is 20.4. The van der Waals surface area contributed by atoms with E-state index in [1.54, 1.807) is 0 Å². The van der Waals surface area contributed by atoms with Crippen LogP contribution in [0.15, 0.2) is 12.4 Å². The van der Waals surface area contributed by atoms with Gasteiger partial charge in [-0.15, -0.1) is 0 Å². The van der Waals surface area contributed by atoms with E-state index in [0.29, 0.717) is 0 Å². The Labute approximate surface area is 183 Å². The maximum Gasteiger partial charge on any atom is 0.256 e. The van der Waals surface area contributed by atoms with Gasteiger partial charge in [0.05, 0.1) is 13.6 Å². The summed E-state index contributed by atoms with van der Waals surface area (Å²) in [4.78, 5) is 0. The highest BCUT2D eigenvalue weighted by molar-refractivity contribution is 4.82. The average Bonchev–Trinajstić information content (AvgIpc) is 3.07. The minimum Gasteiger partial charge on any atom is -0.237 e. The summed E-state index contributed by atoms with van der Waals surface area (Å²) >= 11 is 0. The summed E-state index contributed by atoms with van der Waals surface area (Å²) in [6, 6.07) is 0. The number of imidazole rings is 1. The third-order valence-electron chi connectivity index (χ3n) is 6.47. The van der Waals surface area contributed by atoms with Gasteiger partial charge in [0.2, 0.25) is 0 Å². The summed E-state index contributed by atoms with van der Waals surface area (Å²) < 4.78 is 4.87. The predicted molar refractivity (Wildman–Crippen MR) is 128 cm³/mol. The summed E-state index contributed by atoms with van der Waals surface area (Å²) in [5.74, 6) is 1.53. The van der Waals surface area contributed by atoms with Gasteiger partial charge in [-0.1, -0.05) is 117 Å². The highest BCUT2D eigenvalue weighted by Gasteiger charge is 2.13. The van der Waals surface area contributed by atoms with Crippen LogP contribution in [-0.2, 0) is 20.0 Å². The third kappa shape index (κ3) is 13.9. The van der Waals surface area contributed by atoms with E-state index in [2.05, 4.69) is 42.4 Å². The monoisotopic (exact) mass is 405 g/mol. The number of hydrogen-bond acceptors (Lipinski definition) is 0. The molecule has 0 saturated carbocycles. The van der Waals surface area contributed by atoms with Crippen LogP contribution in [0.2, 0.25) is 0 Å². The van der Waals surface area contributed by atoms with Crippen LogP contribution in [-0.4, -0.2) is 4.57 Å². The minimum absolute atomic E-state index is 1.21. The van der Waals surface area contributed by atoms with Crippen molar-refractivity contribution in [3.8, 4) is 0 Å². The Morgan fingerprint density at radius 1 is 0.586 bits per heavy atom. The van der Waals surface area contributed by atoms with Gasteiger partial charge in [0.1, 0.15) is 12.4 Å². The SMILES string of the molecule is CCCCCCCCCCCCCC[n+]1ccn(C)c1CCCCCCCCC. The zero-order chi connectivity index (χ0) is 21.0. The second kappa shape index (κ2) is 19.2. The molecule has 0 N–H and O–H groups in total. The van der Waals surface area contributed by atoms with Crippen molar-refractivity contribution in [1.29, 1.82) is 0 Å². The van der Waals surface area contributed by atoms with Crippen molar-refractivity contribution >= 4 is 0 Å². The third-order valence-corrected chi connectivity index (χ3v) is 6.47. The maximum absolute atomic E-state index is 2.52. The van der Waals surface area contributed by atoms with Crippen molar-refractivity contribution in [2.45, 2.75) is 149 Å². The molecule has 0 bridgehead atoms. The first-order valence-electron chi connectivity index (χ1n) is 13.3. The Bertz CT molecular complexity index is 463. The molecule has 1 rings (SSSR count). The molecule has 0 amide bonds. The number of nitrogens with zero attached hydrogens (tertiary/aromatic N) is 2. The van der Waals surface area contributed by atoms with Crippen molar-refractivity contribution in [2.24, 2.45) is 7.05 Å². The van der Waals surface area contributed by atoms with E-state index in [1.807, 2.05) is 0 Å². The first-order chi connectivity index (χ1) is 14.3. The summed E-state index contributed by atoms with van der Waals surface area (Å²) in [7, 11) is 2.22. The minimum atomic E-state index is 1.21. The fraction of sp³-hybridized carbons (Fsp3) is 0.889. The molecule has 1 heterocycles. The van der Waals surface area contributed by atoms with Crippen molar-refractivity contribution in [3.05, 3.63) is 18.2 Å². The van der Waals surface area contributed by atoms with Gasteiger partial charge < -0.3 is 0 Å². The molecule has 0 aliphatic carbocycles. The van der Waals surface area contributed by atoms with Gasteiger partial charge in [-0.05, 0) is 19.3 Å². The summed E-state index contributed by atoms with van der Waals surface area (Å²) in [6.45, 7) is 5.81. The highest BCUT2D eigenvalue weighted by atomic mass is 15.1. The maximum atomic E-state index is 2.52. The molecule has 0 radical (unpaired) electrons. The molecule has 2 nitrogen and oxygen atoms in total. The van der Waals surface area contributed by atoms with Gasteiger partial charge in [-0.25, -0.2) is 9.13 Å². The summed E-state index contributed by atoms with van der Waals surface area (Å²) in [5, 5.41) is 0. The van der Waals surface area contributed by atoms with Crippen LogP contribution in [0.25, 0.3) is 0 Å². The molecule has 0 spiro atoms. The quantitative estimate of drug-likeness (QED) is 0.144. The number of aromatic nitrogens is 2. The molecule has 0 unspecified atom stereocenters. The first kappa shape index (κ1) is 26.2. The van der Waals surface area contributed by atoms with Crippen LogP contribution < -0.4 is 4.57 Å². The van der Waals surface area contributed by atoms with E-state index >= 15 is 0 Å². The van der Waals surface area contributed by atoms with Crippen molar-refractivity contribution in [2.75, 3.05) is 0 Å². The Balaban J connectivity index is 2.01. The lowest BCUT2D eigenvalue weighted by atomic mass is 10.1. The fourth-order valence-electron chi connectivity index (χ4n) is 4.44. The first-order valence-corrected chi connectivity index (χ1v) is 13.3. The molecule has 170 valence electrons. The van der Waals surface area contributed by atoms with Crippen LogP contribution in [0, 0.1) is 0 Å². The molecular weight excluding hydrogens is 352 g/mol. The van der Waals surface area contributed by atoms with E-state index < -0.39 is 0 Å². The van der Waals surface area contributed by atoms with E-state index in [0.717, 1.165) is 0 Å². The lowest BCUT2D eigenvalue weighted by Crippen LogP contribution is -2.37. The van der Waals surface area contributed by atoms with Gasteiger partial charge in [0.25, 0.3) is 5.82 Å². The molecule has 0 aliphatic rings. The Morgan fingerprint density at radius 2 is 1.00 bits per heavy atom. The van der Waals surface area contributed by atoms with Gasteiger partial charge in [-0.2, -0.15) is 0 Å². The number of unbranched alkanes of at least 4 members (excludes halogenated alkanes) is 17. The van der Waals surface area contributed by atoms with E-state index in [-0.39, 0.29) is 0 Å². The lowest BCUT2D eigenvalue weighted by Gasteiger charge is -2.05. The molecule has 0 aromatic carbocycles. The highest BCUT2D eigenvalue weighted by Crippen LogP contribution is 2.12. The van der Waals surface area contributed by atoms with Gasteiger partial charge in [0, 0.05) is 6.42 Å². The molecule has 2 heteroatoms. The smallest absolute Gasteiger partial charge is 0.237 e. The topological polar surface area (TPSA) is 8.81 Å². The van der Waals surface area contributed by atoms with Crippen LogP contribution in [0.5, 0.6) is 0 Å². The molecule has 0 atom stereocenters. The van der Waals surface area contributed by atoms with Crippen LogP contribution >= 0.6 is 0 Å². The van der Waals surface area contributed by atoms with Gasteiger partial charge >= 0.3 is 0 Å². The zero-order valence-electron chi connectivity index (χ0n) is 20.4. The molecule has 0 fully saturated rings. The van der Waals surface area contributed by atoms with Crippen molar-refractivity contribution < 1.29 is 4.57 Å². The number of hydrogen-bond donors (Lipinski definition) is 0. The van der Waals surface area contributed by atoms with E-state index in [9.17, 15) is 0 Å². The normalized spacial score (nSPS) is 11.4. The predicted octanol–water partition coefficient (Wildman–Crippen LogP) is 8.31. The molecular formula is C27H53N2+. The van der Waals surface area contributed by atoms with E-state index in [1.165, 1.54) is 141 Å². The molecule has 29 heavy (non-hydrogen) atoms. The van der Waals surface area contributed by atoms with E-state index in [4.69, 9.17) is 0 Å². The second-order valence-electron chi connectivity index (χ2n) is 9.28. The van der Waals surface area contributed by atoms with Crippen LogP contribution in [0.3, 0.4) is 0 Å². The van der Waals surface area contributed by atoms with Crippen LogP contribution in [0.1, 0.15) is 142 Å². The van der Waals surface area contributed by atoms with Crippen LogP contribution in [0.4, 0.5) is 0 Å². The Hall–Kier alpha value is -0.790. The lowest BCUT2D eigenvalue weighted by molar-refractivity contribution is -0.704. The molecule has 1 aromatic heterocycles. The number of aryl methyl sites for hydroxylation is 2. The number of rotatable bonds is 21. The van der Waals surface area contributed by atoms with Crippen molar-refractivity contribution in [1.82, 2.24) is 4.57 Å². The van der Waals surface area contributed by atoms with Gasteiger partial charge in [-0.3, -0.25) is 0 Å². The Kier molecular flexibility index (Phi) is 17.4. The largest absolute Gasteiger partial charge is 0.256 e. The summed E-state index contributed by atoms with van der Waals surface area (Å²) in [5.41, 5.74) is 0. The second-order valence-corrected chi connectivity index (χ2v) is 9.28. The molecule has 1 aromatic rings. The Morgan fingerprint density at radius 3 is 1.48 bits per heavy atom. The van der Waals surface area contributed by atoms with Gasteiger partial charge in [0.15, 0.2) is 0 Å². The summed E-state index contributed by atoms with van der Waals surface area (Å²) in [6.07, 6.45) is 32.7. The fourth-order valence-corrected chi connectivity index (χ4v) is 4.44. The standard InChI is InChI=1S/C27H53N2/c1-4-6-8-10-12-13-14-15-16-18-20-22-24-29-26-25-28(3)27(29)23-21-19-17-11-9-7-5-2/h25-26H,4-24H2,1-3H3/q+1. The molecule has 0 aliphatic heterocycles. The average molecular weight is 406 g/mol. The molecule has 0 saturated heterocycles. The van der Waals surface area contributed by atoms with Crippen molar-refractivity contribution in [3.63, 3.8) is 0 Å².